The minimum Gasteiger partial charge on any atom is -0.383 e. The van der Waals surface area contributed by atoms with Crippen molar-refractivity contribution in [3.63, 3.8) is 0 Å². The molecule has 2 aliphatic rings. The van der Waals surface area contributed by atoms with E-state index in [-0.39, 0.29) is 74.5 Å². The highest BCUT2D eigenvalue weighted by Gasteiger charge is 2.43. The molecule has 1 aromatic carbocycles. The molecule has 202 valence electrons. The number of nitro groups is 1. The number of piperidine rings is 1. The Morgan fingerprint density at radius 1 is 1.06 bits per heavy atom. The van der Waals surface area contributed by atoms with Gasteiger partial charge in [-0.25, -0.2) is 0 Å². The number of rotatable bonds is 6. The van der Waals surface area contributed by atoms with E-state index in [9.17, 15) is 41.3 Å². The molecule has 1 aliphatic carbocycles. The lowest BCUT2D eigenvalue weighted by atomic mass is 9.78. The smallest absolute Gasteiger partial charge is 0.383 e. The number of nitro benzene ring substituents is 1. The predicted molar refractivity (Wildman–Crippen MR) is 122 cm³/mol. The van der Waals surface area contributed by atoms with Crippen LogP contribution in [-0.2, 0) is 0 Å². The Bertz CT molecular complexity index is 960. The Hall–Kier alpha value is -2.73. The maximum Gasteiger partial charge on any atom is 0.393 e. The van der Waals surface area contributed by atoms with Crippen LogP contribution in [0.25, 0.3) is 0 Å². The molecule has 1 amide bonds. The molecule has 1 aliphatic heterocycles. The van der Waals surface area contributed by atoms with Gasteiger partial charge in [0.1, 0.15) is 5.69 Å². The molecule has 0 aromatic heterocycles. The normalized spacial score (nSPS) is 24.2. The first kappa shape index (κ1) is 27.9. The fourth-order valence-corrected chi connectivity index (χ4v) is 5.18. The fourth-order valence-electron chi connectivity index (χ4n) is 5.18. The van der Waals surface area contributed by atoms with Gasteiger partial charge in [0.15, 0.2) is 0 Å². The van der Waals surface area contributed by atoms with Crippen LogP contribution in [-0.4, -0.2) is 49.4 Å². The number of hydrogen-bond acceptors (Lipinski definition) is 5. The van der Waals surface area contributed by atoms with Crippen molar-refractivity contribution in [1.82, 2.24) is 5.32 Å². The Balaban J connectivity index is 1.86. The maximum atomic E-state index is 13.4. The third kappa shape index (κ3) is 6.33. The van der Waals surface area contributed by atoms with Crippen molar-refractivity contribution in [3.05, 3.63) is 27.8 Å². The Morgan fingerprint density at radius 3 is 2.19 bits per heavy atom. The zero-order chi connectivity index (χ0) is 26.8. The number of carbonyl (C=O) groups is 1. The molecule has 2 atom stereocenters. The van der Waals surface area contributed by atoms with Gasteiger partial charge in [-0.3, -0.25) is 14.9 Å². The van der Waals surface area contributed by atoms with Crippen LogP contribution in [0.3, 0.4) is 0 Å². The first-order chi connectivity index (χ1) is 16.7. The van der Waals surface area contributed by atoms with Gasteiger partial charge in [0, 0.05) is 32.2 Å². The van der Waals surface area contributed by atoms with Gasteiger partial charge in [-0.05, 0) is 57.4 Å². The fraction of sp³-hybridized carbons (Fsp3) is 0.696. The number of alkyl halides is 6. The third-order valence-electron chi connectivity index (χ3n) is 7.35. The lowest BCUT2D eigenvalue weighted by Gasteiger charge is -2.36. The van der Waals surface area contributed by atoms with Crippen molar-refractivity contribution in [2.24, 2.45) is 17.8 Å². The average Bonchev–Trinajstić information content (AvgIpc) is 2.82. The summed E-state index contributed by atoms with van der Waals surface area (Å²) in [4.78, 5) is 25.6. The molecule has 1 saturated heterocycles. The van der Waals surface area contributed by atoms with E-state index in [1.54, 1.807) is 6.92 Å². The molecule has 1 unspecified atom stereocenters. The van der Waals surface area contributed by atoms with Gasteiger partial charge in [0.05, 0.1) is 28.0 Å². The first-order valence-electron chi connectivity index (χ1n) is 11.9. The molecule has 1 saturated carbocycles. The summed E-state index contributed by atoms with van der Waals surface area (Å²) in [6.45, 7) is 1.51. The van der Waals surface area contributed by atoms with Crippen LogP contribution in [0.2, 0.25) is 0 Å². The molecule has 7 nitrogen and oxygen atoms in total. The van der Waals surface area contributed by atoms with E-state index in [0.717, 1.165) is 6.07 Å². The number of benzene rings is 1. The molecular formula is C23H30F6N4O3. The van der Waals surface area contributed by atoms with Crippen LogP contribution in [0.4, 0.5) is 43.4 Å². The molecule has 3 rings (SSSR count). The number of nitrogens with zero attached hydrogens (tertiary/aromatic N) is 2. The average molecular weight is 525 g/mol. The molecule has 36 heavy (non-hydrogen) atoms. The van der Waals surface area contributed by atoms with Gasteiger partial charge in [-0.15, -0.1) is 0 Å². The van der Waals surface area contributed by atoms with E-state index < -0.39 is 46.7 Å². The molecular weight excluding hydrogens is 494 g/mol. The molecule has 2 N–H and O–H groups in total. The van der Waals surface area contributed by atoms with E-state index in [1.807, 2.05) is 0 Å². The van der Waals surface area contributed by atoms with E-state index >= 15 is 0 Å². The molecule has 13 heteroatoms. The van der Waals surface area contributed by atoms with Gasteiger partial charge in [-0.2, -0.15) is 26.3 Å². The summed E-state index contributed by atoms with van der Waals surface area (Å²) < 4.78 is 79.2. The molecule has 0 radical (unpaired) electrons. The Morgan fingerprint density at radius 2 is 1.67 bits per heavy atom. The second-order valence-corrected chi connectivity index (χ2v) is 9.64. The summed E-state index contributed by atoms with van der Waals surface area (Å²) in [5.74, 6) is -3.90. The summed E-state index contributed by atoms with van der Waals surface area (Å²) in [5, 5.41) is 17.0. The molecule has 0 spiro atoms. The van der Waals surface area contributed by atoms with Crippen molar-refractivity contribution in [2.45, 2.75) is 63.8 Å². The minimum atomic E-state index is -4.42. The minimum absolute atomic E-state index is 0.0470. The number of anilines is 2. The van der Waals surface area contributed by atoms with Crippen LogP contribution in [0.1, 0.15) is 55.8 Å². The number of nitrogens with one attached hydrogen (secondary N) is 2. The summed E-state index contributed by atoms with van der Waals surface area (Å²) >= 11 is 0. The summed E-state index contributed by atoms with van der Waals surface area (Å²) in [6, 6.07) is 1.83. The number of halogens is 6. The topological polar surface area (TPSA) is 87.5 Å². The van der Waals surface area contributed by atoms with Gasteiger partial charge in [-0.1, -0.05) is 0 Å². The SMILES string of the molecule is CNc1cc(N2CCCC(C(F)(F)F)C2)c(C(=O)N[C@H](C)C2CCC(C(F)(F)F)CC2)cc1[N+](=O)[O-]. The highest BCUT2D eigenvalue weighted by Crippen LogP contribution is 2.41. The van der Waals surface area contributed by atoms with E-state index in [2.05, 4.69) is 10.6 Å². The monoisotopic (exact) mass is 524 g/mol. The summed E-state index contributed by atoms with van der Waals surface area (Å²) in [5.41, 5.74) is -0.350. The van der Waals surface area contributed by atoms with Gasteiger partial charge in [0.2, 0.25) is 0 Å². The number of amides is 1. The lowest BCUT2D eigenvalue weighted by Crippen LogP contribution is -2.44. The van der Waals surface area contributed by atoms with Gasteiger partial charge >= 0.3 is 12.4 Å². The molecule has 2 fully saturated rings. The number of carbonyl (C=O) groups excluding carboxylic acids is 1. The van der Waals surface area contributed by atoms with Gasteiger partial charge in [0.25, 0.3) is 11.6 Å². The predicted octanol–water partition coefficient (Wildman–Crippen LogP) is 5.90. The Kier molecular flexibility index (Phi) is 8.29. The van der Waals surface area contributed by atoms with Crippen LogP contribution in [0.5, 0.6) is 0 Å². The number of hydrogen-bond donors (Lipinski definition) is 2. The second-order valence-electron chi connectivity index (χ2n) is 9.64. The lowest BCUT2D eigenvalue weighted by molar-refractivity contribution is -0.384. The molecule has 0 bridgehead atoms. The van der Waals surface area contributed by atoms with Crippen LogP contribution < -0.4 is 15.5 Å². The Labute approximate surface area is 204 Å². The van der Waals surface area contributed by atoms with Crippen molar-refractivity contribution < 1.29 is 36.1 Å². The van der Waals surface area contributed by atoms with Crippen molar-refractivity contribution in [2.75, 3.05) is 30.4 Å². The van der Waals surface area contributed by atoms with Crippen LogP contribution in [0, 0.1) is 27.9 Å². The van der Waals surface area contributed by atoms with E-state index in [0.29, 0.717) is 0 Å². The van der Waals surface area contributed by atoms with Gasteiger partial charge < -0.3 is 15.5 Å². The second kappa shape index (κ2) is 10.7. The van der Waals surface area contributed by atoms with Crippen molar-refractivity contribution in [1.29, 1.82) is 0 Å². The largest absolute Gasteiger partial charge is 0.393 e. The summed E-state index contributed by atoms with van der Waals surface area (Å²) in [6.07, 6.45) is -8.07. The molecule has 1 heterocycles. The zero-order valence-corrected chi connectivity index (χ0v) is 20.0. The maximum absolute atomic E-state index is 13.4. The standard InChI is InChI=1S/C23H30F6N4O3/c1-13(14-5-7-15(8-6-14)22(24,25)26)31-21(34)17-10-20(33(35)36)18(30-2)11-19(17)32-9-3-4-16(12-32)23(27,28)29/h10-11,13-16,30H,3-9,12H2,1-2H3,(H,31,34)/t13-,14?,15?,16?/m1/s1. The van der Waals surface area contributed by atoms with Crippen LogP contribution in [0.15, 0.2) is 12.1 Å². The quantitative estimate of drug-likeness (QED) is 0.275. The zero-order valence-electron chi connectivity index (χ0n) is 20.0. The third-order valence-corrected chi connectivity index (χ3v) is 7.35. The van der Waals surface area contributed by atoms with E-state index in [4.69, 9.17) is 0 Å². The van der Waals surface area contributed by atoms with Crippen molar-refractivity contribution >= 4 is 23.0 Å². The molecule has 1 aromatic rings. The highest BCUT2D eigenvalue weighted by atomic mass is 19.4. The summed E-state index contributed by atoms with van der Waals surface area (Å²) in [7, 11) is 1.43. The first-order valence-corrected chi connectivity index (χ1v) is 11.9. The highest BCUT2D eigenvalue weighted by molar-refractivity contribution is 6.02. The van der Waals surface area contributed by atoms with E-state index in [1.165, 1.54) is 18.0 Å². The van der Waals surface area contributed by atoms with Crippen molar-refractivity contribution in [3.8, 4) is 0 Å². The van der Waals surface area contributed by atoms with Crippen LogP contribution >= 0.6 is 0 Å².